The Hall–Kier alpha value is -0.630. The van der Waals surface area contributed by atoms with Crippen LogP contribution < -0.4 is 0 Å². The van der Waals surface area contributed by atoms with Crippen LogP contribution in [-0.4, -0.2) is 17.0 Å². The van der Waals surface area contributed by atoms with E-state index in [-0.39, 0.29) is 17.4 Å². The van der Waals surface area contributed by atoms with Gasteiger partial charge in [0.2, 0.25) is 0 Å². The van der Waals surface area contributed by atoms with E-state index in [1.165, 1.54) is 32.1 Å². The summed E-state index contributed by atoms with van der Waals surface area (Å²) in [6.07, 6.45) is 12.6. The van der Waals surface area contributed by atoms with Crippen molar-refractivity contribution in [2.75, 3.05) is 0 Å². The quantitative estimate of drug-likeness (QED) is 0.741. The first-order valence-electron chi connectivity index (χ1n) is 10.2. The maximum absolute atomic E-state index is 12.3. The summed E-state index contributed by atoms with van der Waals surface area (Å²) in [6, 6.07) is 0. The molecule has 0 amide bonds. The van der Waals surface area contributed by atoms with Crippen LogP contribution in [0.5, 0.6) is 0 Å². The number of hydrogen-bond acceptors (Lipinski definition) is 2. The molecule has 8 atom stereocenters. The summed E-state index contributed by atoms with van der Waals surface area (Å²) in [6.45, 7) is 8.53. The molecule has 0 bridgehead atoms. The molecule has 4 aliphatic carbocycles. The van der Waals surface area contributed by atoms with Crippen molar-refractivity contribution in [2.45, 2.75) is 77.7 Å². The highest BCUT2D eigenvalue weighted by Crippen LogP contribution is 2.67. The molecule has 2 heteroatoms. The minimum Gasteiger partial charge on any atom is -0.393 e. The zero-order chi connectivity index (χ0) is 17.1. The lowest BCUT2D eigenvalue weighted by Gasteiger charge is -2.61. The molecule has 1 N–H and O–H groups in total. The minimum atomic E-state index is -0.0657. The zero-order valence-corrected chi connectivity index (χ0v) is 15.5. The van der Waals surface area contributed by atoms with E-state index in [4.69, 9.17) is 0 Å². The molecular weight excluding hydrogens is 296 g/mol. The van der Waals surface area contributed by atoms with Crippen LogP contribution >= 0.6 is 0 Å². The molecule has 2 unspecified atom stereocenters. The van der Waals surface area contributed by atoms with Crippen LogP contribution in [0.25, 0.3) is 0 Å². The topological polar surface area (TPSA) is 37.3 Å². The summed E-state index contributed by atoms with van der Waals surface area (Å²) in [5.74, 6) is 3.57. The maximum atomic E-state index is 12.3. The third-order valence-corrected chi connectivity index (χ3v) is 9.10. The Labute approximate surface area is 147 Å². The molecule has 24 heavy (non-hydrogen) atoms. The molecule has 0 spiro atoms. The van der Waals surface area contributed by atoms with Crippen LogP contribution in [0.2, 0.25) is 0 Å². The number of allylic oxidation sites excluding steroid dienone is 1. The zero-order valence-electron chi connectivity index (χ0n) is 15.5. The van der Waals surface area contributed by atoms with Gasteiger partial charge in [-0.25, -0.2) is 0 Å². The molecule has 0 heterocycles. The van der Waals surface area contributed by atoms with Crippen molar-refractivity contribution in [1.82, 2.24) is 0 Å². The SMILES string of the molecule is C=CC12CC[C@H]3[C@@H](CC[C@H]4C[C@H](O)CC[C@@]43C)[C@@H]1CCC2C(C)=O. The van der Waals surface area contributed by atoms with Gasteiger partial charge in [0.1, 0.15) is 5.78 Å². The molecule has 0 aromatic heterocycles. The van der Waals surface area contributed by atoms with Gasteiger partial charge in [-0.3, -0.25) is 4.79 Å². The van der Waals surface area contributed by atoms with Crippen LogP contribution in [0.15, 0.2) is 12.7 Å². The molecule has 4 saturated carbocycles. The molecule has 4 fully saturated rings. The van der Waals surface area contributed by atoms with E-state index in [9.17, 15) is 9.90 Å². The number of aliphatic hydroxyl groups is 1. The maximum Gasteiger partial charge on any atom is 0.133 e. The van der Waals surface area contributed by atoms with Crippen molar-refractivity contribution < 1.29 is 9.90 Å². The van der Waals surface area contributed by atoms with E-state index in [1.807, 2.05) is 0 Å². The van der Waals surface area contributed by atoms with Crippen LogP contribution in [0.3, 0.4) is 0 Å². The lowest BCUT2D eigenvalue weighted by molar-refractivity contribution is -0.134. The second kappa shape index (κ2) is 5.69. The van der Waals surface area contributed by atoms with E-state index in [2.05, 4.69) is 19.6 Å². The number of aliphatic hydroxyl groups excluding tert-OH is 1. The molecule has 0 aromatic carbocycles. The average Bonchev–Trinajstić information content (AvgIpc) is 2.95. The summed E-state index contributed by atoms with van der Waals surface area (Å²) in [4.78, 5) is 12.3. The van der Waals surface area contributed by atoms with Gasteiger partial charge in [0.15, 0.2) is 0 Å². The van der Waals surface area contributed by atoms with Gasteiger partial charge in [-0.2, -0.15) is 0 Å². The van der Waals surface area contributed by atoms with Crippen LogP contribution in [0.4, 0.5) is 0 Å². The van der Waals surface area contributed by atoms with Crippen molar-refractivity contribution in [3.05, 3.63) is 12.7 Å². The molecule has 4 aliphatic rings. The van der Waals surface area contributed by atoms with Gasteiger partial charge < -0.3 is 5.11 Å². The molecule has 0 aromatic rings. The first kappa shape index (κ1) is 16.8. The van der Waals surface area contributed by atoms with Crippen LogP contribution in [-0.2, 0) is 4.79 Å². The number of Topliss-reactive ketones (excluding diaryl/α,β-unsaturated/α-hetero) is 1. The monoisotopic (exact) mass is 330 g/mol. The number of fused-ring (bicyclic) bond motifs is 5. The second-order valence-corrected chi connectivity index (χ2v) is 9.68. The average molecular weight is 331 g/mol. The lowest BCUT2D eigenvalue weighted by atomic mass is 9.44. The third kappa shape index (κ3) is 2.14. The number of rotatable bonds is 2. The number of carbonyl (C=O) groups excluding carboxylic acids is 1. The van der Waals surface area contributed by atoms with Gasteiger partial charge in [-0.05, 0) is 93.8 Å². The standard InChI is InChI=1S/C22H34O2/c1-4-22-12-10-19-17(20(22)8-7-18(22)14(2)23)6-5-15-13-16(24)9-11-21(15,19)3/h4,15-20,24H,1,5-13H2,2-3H3/t15-,16+,17+,18?,19-,20-,21-,22?/m0/s1. The molecule has 2 nitrogen and oxygen atoms in total. The van der Waals surface area contributed by atoms with E-state index in [1.54, 1.807) is 6.92 Å². The fourth-order valence-corrected chi connectivity index (χ4v) is 7.94. The van der Waals surface area contributed by atoms with Gasteiger partial charge in [0, 0.05) is 11.3 Å². The largest absolute Gasteiger partial charge is 0.393 e. The Bertz CT molecular complexity index is 540. The van der Waals surface area contributed by atoms with Crippen molar-refractivity contribution >= 4 is 5.78 Å². The Morgan fingerprint density at radius 3 is 2.58 bits per heavy atom. The van der Waals surface area contributed by atoms with Gasteiger partial charge in [0.05, 0.1) is 6.10 Å². The third-order valence-electron chi connectivity index (χ3n) is 9.10. The molecule has 4 rings (SSSR count). The second-order valence-electron chi connectivity index (χ2n) is 9.68. The van der Waals surface area contributed by atoms with E-state index < -0.39 is 0 Å². The van der Waals surface area contributed by atoms with E-state index >= 15 is 0 Å². The summed E-state index contributed by atoms with van der Waals surface area (Å²) in [7, 11) is 0. The molecule has 0 radical (unpaired) electrons. The Kier molecular flexibility index (Phi) is 3.99. The highest BCUT2D eigenvalue weighted by atomic mass is 16.3. The Balaban J connectivity index is 1.65. The van der Waals surface area contributed by atoms with Crippen molar-refractivity contribution in [3.63, 3.8) is 0 Å². The fourth-order valence-electron chi connectivity index (χ4n) is 7.94. The summed E-state index contributed by atoms with van der Waals surface area (Å²) in [5.41, 5.74) is 0.508. The summed E-state index contributed by atoms with van der Waals surface area (Å²) in [5, 5.41) is 10.1. The number of carbonyl (C=O) groups is 1. The summed E-state index contributed by atoms with van der Waals surface area (Å²) < 4.78 is 0. The predicted molar refractivity (Wildman–Crippen MR) is 96.4 cm³/mol. The highest BCUT2D eigenvalue weighted by molar-refractivity contribution is 5.80. The number of hydrogen-bond donors (Lipinski definition) is 1. The first-order valence-corrected chi connectivity index (χ1v) is 10.2. The Morgan fingerprint density at radius 2 is 1.88 bits per heavy atom. The fraction of sp³-hybridized carbons (Fsp3) is 0.864. The highest BCUT2D eigenvalue weighted by Gasteiger charge is 2.61. The predicted octanol–water partition coefficient (Wildman–Crippen LogP) is 4.76. The lowest BCUT2D eigenvalue weighted by Crippen LogP contribution is -2.54. The Morgan fingerprint density at radius 1 is 1.08 bits per heavy atom. The smallest absolute Gasteiger partial charge is 0.133 e. The van der Waals surface area contributed by atoms with E-state index in [0.29, 0.717) is 23.0 Å². The summed E-state index contributed by atoms with van der Waals surface area (Å²) >= 11 is 0. The van der Waals surface area contributed by atoms with Crippen LogP contribution in [0.1, 0.15) is 71.6 Å². The normalized spacial score (nSPS) is 53.6. The van der Waals surface area contributed by atoms with Crippen molar-refractivity contribution in [1.29, 1.82) is 0 Å². The van der Waals surface area contributed by atoms with Crippen LogP contribution in [0, 0.1) is 40.4 Å². The van der Waals surface area contributed by atoms with E-state index in [0.717, 1.165) is 37.5 Å². The van der Waals surface area contributed by atoms with Gasteiger partial charge >= 0.3 is 0 Å². The number of ketones is 1. The van der Waals surface area contributed by atoms with Crippen molar-refractivity contribution in [3.8, 4) is 0 Å². The first-order chi connectivity index (χ1) is 11.4. The molecule has 134 valence electrons. The van der Waals surface area contributed by atoms with Gasteiger partial charge in [0.25, 0.3) is 0 Å². The molecule has 0 aliphatic heterocycles. The minimum absolute atomic E-state index is 0.0657. The molecule has 0 saturated heterocycles. The molecular formula is C22H34O2. The van der Waals surface area contributed by atoms with Gasteiger partial charge in [-0.15, -0.1) is 6.58 Å². The van der Waals surface area contributed by atoms with Gasteiger partial charge in [-0.1, -0.05) is 13.0 Å². The van der Waals surface area contributed by atoms with Crippen molar-refractivity contribution in [2.24, 2.45) is 40.4 Å².